The number of aryl methyl sites for hydroxylation is 1. The van der Waals surface area contributed by atoms with E-state index in [9.17, 15) is 4.79 Å². The van der Waals surface area contributed by atoms with Crippen LogP contribution < -0.4 is 5.32 Å². The van der Waals surface area contributed by atoms with Crippen LogP contribution in [0, 0.1) is 6.92 Å². The fourth-order valence-corrected chi connectivity index (χ4v) is 2.10. The van der Waals surface area contributed by atoms with E-state index in [1.807, 2.05) is 6.92 Å². The summed E-state index contributed by atoms with van der Waals surface area (Å²) in [6.45, 7) is 1.81. The fraction of sp³-hybridized carbons (Fsp3) is 0.111. The van der Waals surface area contributed by atoms with Crippen LogP contribution in [0.3, 0.4) is 0 Å². The molecule has 0 spiro atoms. The normalized spacial score (nSPS) is 10.3. The summed E-state index contributed by atoms with van der Waals surface area (Å²) in [5.41, 5.74) is 0.495. The Morgan fingerprint density at radius 3 is 2.53 bits per heavy atom. The van der Waals surface area contributed by atoms with Gasteiger partial charge >= 0.3 is 0 Å². The zero-order valence-electron chi connectivity index (χ0n) is 8.57. The SMILES string of the molecule is Cc1nc(C(=O)Nc2c(Cl)ncnc2Cl)cs1. The van der Waals surface area contributed by atoms with E-state index < -0.39 is 5.91 Å². The van der Waals surface area contributed by atoms with Crippen molar-refractivity contribution < 1.29 is 4.79 Å². The number of nitrogens with one attached hydrogen (secondary N) is 1. The van der Waals surface area contributed by atoms with Gasteiger partial charge in [-0.2, -0.15) is 0 Å². The van der Waals surface area contributed by atoms with Gasteiger partial charge in [0.25, 0.3) is 5.91 Å². The van der Waals surface area contributed by atoms with Crippen LogP contribution in [0.1, 0.15) is 15.5 Å². The zero-order valence-corrected chi connectivity index (χ0v) is 10.9. The molecule has 1 amide bonds. The molecule has 0 unspecified atom stereocenters. The van der Waals surface area contributed by atoms with Crippen LogP contribution in [0.15, 0.2) is 11.7 Å². The fourth-order valence-electron chi connectivity index (χ4n) is 1.09. The Morgan fingerprint density at radius 2 is 2.00 bits per heavy atom. The number of amides is 1. The van der Waals surface area contributed by atoms with Crippen molar-refractivity contribution in [1.82, 2.24) is 15.0 Å². The van der Waals surface area contributed by atoms with Gasteiger partial charge in [0.2, 0.25) is 0 Å². The lowest BCUT2D eigenvalue weighted by Crippen LogP contribution is -2.13. The van der Waals surface area contributed by atoms with E-state index in [-0.39, 0.29) is 16.0 Å². The molecular weight excluding hydrogens is 283 g/mol. The molecule has 0 aliphatic heterocycles. The van der Waals surface area contributed by atoms with Crippen molar-refractivity contribution in [2.24, 2.45) is 0 Å². The summed E-state index contributed by atoms with van der Waals surface area (Å²) in [6.07, 6.45) is 1.22. The van der Waals surface area contributed by atoms with E-state index >= 15 is 0 Å². The molecule has 0 fully saturated rings. The van der Waals surface area contributed by atoms with Crippen LogP contribution in [0.4, 0.5) is 5.69 Å². The first-order valence-corrected chi connectivity index (χ1v) is 6.11. The number of hydrogen-bond acceptors (Lipinski definition) is 5. The monoisotopic (exact) mass is 288 g/mol. The number of carbonyl (C=O) groups is 1. The van der Waals surface area contributed by atoms with Crippen molar-refractivity contribution in [1.29, 1.82) is 0 Å². The van der Waals surface area contributed by atoms with E-state index in [1.165, 1.54) is 17.7 Å². The predicted octanol–water partition coefficient (Wildman–Crippen LogP) is 2.80. The third-order valence-electron chi connectivity index (χ3n) is 1.84. The minimum absolute atomic E-state index is 0.0882. The van der Waals surface area contributed by atoms with Gasteiger partial charge in [0.15, 0.2) is 10.3 Å². The smallest absolute Gasteiger partial charge is 0.275 e. The lowest BCUT2D eigenvalue weighted by atomic mass is 10.4. The van der Waals surface area contributed by atoms with Gasteiger partial charge in [0.05, 0.1) is 5.01 Å². The Labute approximate surface area is 111 Å². The highest BCUT2D eigenvalue weighted by molar-refractivity contribution is 7.09. The summed E-state index contributed by atoms with van der Waals surface area (Å²) in [6, 6.07) is 0. The van der Waals surface area contributed by atoms with Gasteiger partial charge in [-0.1, -0.05) is 23.2 Å². The van der Waals surface area contributed by atoms with Crippen molar-refractivity contribution in [3.05, 3.63) is 32.7 Å². The maximum Gasteiger partial charge on any atom is 0.275 e. The molecular formula is C9H6Cl2N4OS. The lowest BCUT2D eigenvalue weighted by Gasteiger charge is -2.05. The van der Waals surface area contributed by atoms with E-state index in [4.69, 9.17) is 23.2 Å². The molecule has 0 radical (unpaired) electrons. The molecule has 0 bridgehead atoms. The van der Waals surface area contributed by atoms with E-state index in [1.54, 1.807) is 5.38 Å². The van der Waals surface area contributed by atoms with Crippen molar-refractivity contribution in [2.45, 2.75) is 6.92 Å². The molecule has 0 atom stereocenters. The van der Waals surface area contributed by atoms with Crippen LogP contribution in [-0.4, -0.2) is 20.9 Å². The summed E-state index contributed by atoms with van der Waals surface area (Å²) in [4.78, 5) is 23.3. The second kappa shape index (κ2) is 4.95. The average Bonchev–Trinajstić information content (AvgIpc) is 2.70. The molecule has 2 rings (SSSR count). The summed E-state index contributed by atoms with van der Waals surface area (Å²) in [5, 5.41) is 5.15. The third kappa shape index (κ3) is 2.71. The number of nitrogens with zero attached hydrogens (tertiary/aromatic N) is 3. The highest BCUT2D eigenvalue weighted by Crippen LogP contribution is 2.26. The molecule has 0 aliphatic rings. The minimum Gasteiger partial charge on any atom is -0.315 e. The molecule has 2 aromatic rings. The first-order chi connectivity index (χ1) is 8.08. The number of anilines is 1. The number of carbonyl (C=O) groups excluding carboxylic acids is 1. The van der Waals surface area contributed by atoms with Crippen LogP contribution >= 0.6 is 34.5 Å². The molecule has 0 saturated carbocycles. The highest BCUT2D eigenvalue weighted by atomic mass is 35.5. The van der Waals surface area contributed by atoms with Gasteiger partial charge in [0, 0.05) is 5.38 Å². The predicted molar refractivity (Wildman–Crippen MR) is 66.9 cm³/mol. The van der Waals surface area contributed by atoms with Gasteiger partial charge in [-0.25, -0.2) is 15.0 Å². The first-order valence-electron chi connectivity index (χ1n) is 4.47. The van der Waals surface area contributed by atoms with Gasteiger partial charge in [-0.3, -0.25) is 4.79 Å². The largest absolute Gasteiger partial charge is 0.315 e. The van der Waals surface area contributed by atoms with E-state index in [0.29, 0.717) is 5.69 Å². The number of rotatable bonds is 2. The quantitative estimate of drug-likeness (QED) is 0.863. The standard InChI is InChI=1S/C9H6Cl2N4OS/c1-4-14-5(2-17-4)9(16)15-6-7(10)12-3-13-8(6)11/h2-3H,1H3,(H,15,16). The van der Waals surface area contributed by atoms with Crippen molar-refractivity contribution >= 4 is 46.1 Å². The Balaban J connectivity index is 2.24. The summed E-state index contributed by atoms with van der Waals surface area (Å²) in [7, 11) is 0. The Bertz CT molecular complexity index is 552. The van der Waals surface area contributed by atoms with Crippen LogP contribution in [-0.2, 0) is 0 Å². The molecule has 5 nitrogen and oxygen atoms in total. The van der Waals surface area contributed by atoms with E-state index in [2.05, 4.69) is 20.3 Å². The van der Waals surface area contributed by atoms with Gasteiger partial charge < -0.3 is 5.32 Å². The van der Waals surface area contributed by atoms with Crippen LogP contribution in [0.2, 0.25) is 10.3 Å². The molecule has 17 heavy (non-hydrogen) atoms. The second-order valence-electron chi connectivity index (χ2n) is 3.04. The molecule has 0 aromatic carbocycles. The second-order valence-corrected chi connectivity index (χ2v) is 4.81. The maximum atomic E-state index is 11.8. The minimum atomic E-state index is -0.395. The van der Waals surface area contributed by atoms with Crippen molar-refractivity contribution in [2.75, 3.05) is 5.32 Å². The highest BCUT2D eigenvalue weighted by Gasteiger charge is 2.15. The third-order valence-corrected chi connectivity index (χ3v) is 3.19. The summed E-state index contributed by atoms with van der Waals surface area (Å²) >= 11 is 13.0. The Hall–Kier alpha value is -1.24. The number of thiazole rings is 1. The van der Waals surface area contributed by atoms with Gasteiger partial charge in [0.1, 0.15) is 17.7 Å². The molecule has 0 aliphatic carbocycles. The van der Waals surface area contributed by atoms with Crippen molar-refractivity contribution in [3.8, 4) is 0 Å². The van der Waals surface area contributed by atoms with Gasteiger partial charge in [-0.15, -0.1) is 11.3 Å². The molecule has 1 N–H and O–H groups in total. The molecule has 0 saturated heterocycles. The number of aromatic nitrogens is 3. The summed E-state index contributed by atoms with van der Waals surface area (Å²) < 4.78 is 0. The van der Waals surface area contributed by atoms with Crippen LogP contribution in [0.5, 0.6) is 0 Å². The Morgan fingerprint density at radius 1 is 1.35 bits per heavy atom. The molecule has 8 heteroatoms. The molecule has 88 valence electrons. The molecule has 2 heterocycles. The Kier molecular flexibility index (Phi) is 3.56. The zero-order chi connectivity index (χ0) is 12.4. The molecule has 2 aromatic heterocycles. The van der Waals surface area contributed by atoms with E-state index in [0.717, 1.165) is 5.01 Å². The number of halogens is 2. The topological polar surface area (TPSA) is 67.8 Å². The average molecular weight is 289 g/mol. The van der Waals surface area contributed by atoms with Crippen LogP contribution in [0.25, 0.3) is 0 Å². The first kappa shape index (κ1) is 12.2. The summed E-state index contributed by atoms with van der Waals surface area (Å²) in [5.74, 6) is -0.395. The number of hydrogen-bond donors (Lipinski definition) is 1. The maximum absolute atomic E-state index is 11.8. The van der Waals surface area contributed by atoms with Gasteiger partial charge in [-0.05, 0) is 6.92 Å². The van der Waals surface area contributed by atoms with Crippen molar-refractivity contribution in [3.63, 3.8) is 0 Å². The lowest BCUT2D eigenvalue weighted by molar-refractivity contribution is 0.102.